The zero-order valence-corrected chi connectivity index (χ0v) is 22.0. The number of nitrogens with one attached hydrogen (secondary N) is 2. The van der Waals surface area contributed by atoms with E-state index in [0.717, 1.165) is 25.3 Å². The van der Waals surface area contributed by atoms with E-state index in [9.17, 15) is 0 Å². The van der Waals surface area contributed by atoms with Crippen molar-refractivity contribution < 1.29 is 0 Å². The van der Waals surface area contributed by atoms with Crippen LogP contribution in [0.4, 0.5) is 5.69 Å². The molecule has 0 saturated carbocycles. The third-order valence-corrected chi connectivity index (χ3v) is 7.39. The van der Waals surface area contributed by atoms with Crippen molar-refractivity contribution in [2.24, 2.45) is 4.99 Å². The fourth-order valence-electron chi connectivity index (χ4n) is 4.41. The second-order valence-corrected chi connectivity index (χ2v) is 9.61. The monoisotopic (exact) mass is 553 g/mol. The summed E-state index contributed by atoms with van der Waals surface area (Å²) in [5.74, 6) is 0.868. The molecule has 170 valence electrons. The summed E-state index contributed by atoms with van der Waals surface area (Å²) in [6, 6.07) is 9.13. The molecule has 1 atom stereocenters. The van der Waals surface area contributed by atoms with Crippen LogP contribution >= 0.6 is 35.3 Å². The number of rotatable bonds is 7. The van der Waals surface area contributed by atoms with Gasteiger partial charge in [0.1, 0.15) is 0 Å². The molecule has 7 heteroatoms. The number of benzene rings is 1. The topological polar surface area (TPSA) is 52.6 Å². The van der Waals surface area contributed by atoms with Gasteiger partial charge in [0.2, 0.25) is 0 Å². The van der Waals surface area contributed by atoms with E-state index in [-0.39, 0.29) is 30.0 Å². The van der Waals surface area contributed by atoms with Crippen LogP contribution in [-0.2, 0) is 19.3 Å². The van der Waals surface area contributed by atoms with Gasteiger partial charge in [-0.2, -0.15) is 0 Å². The summed E-state index contributed by atoms with van der Waals surface area (Å²) in [4.78, 5) is 13.3. The Hall–Kier alpha value is -1.35. The lowest BCUT2D eigenvalue weighted by atomic mass is 10.0. The lowest BCUT2D eigenvalue weighted by Gasteiger charge is -2.22. The minimum atomic E-state index is 0. The van der Waals surface area contributed by atoms with Gasteiger partial charge in [-0.15, -0.1) is 35.3 Å². The quantitative estimate of drug-likeness (QED) is 0.217. The van der Waals surface area contributed by atoms with Crippen molar-refractivity contribution in [2.75, 3.05) is 31.6 Å². The van der Waals surface area contributed by atoms with Gasteiger partial charge in [-0.3, -0.25) is 4.99 Å². The normalized spacial score (nSPS) is 17.1. The van der Waals surface area contributed by atoms with Gasteiger partial charge in [0.15, 0.2) is 5.96 Å². The number of nitrogens with zero attached hydrogens (tertiary/aromatic N) is 3. The standard InChI is InChI=1S/C24H35N5S.HI/c1-18(19-9-7-10-20(17-19)29-15-5-6-16-29)27-24(25-2)26-14-8-13-23-28-21-11-3-4-12-22(21)30-23;/h7,9-10,17-18H,3-6,8,11-16H2,1-2H3,(H2,25,26,27);1H. The molecule has 2 N–H and O–H groups in total. The highest BCUT2D eigenvalue weighted by atomic mass is 127. The van der Waals surface area contributed by atoms with Crippen molar-refractivity contribution >= 4 is 47.0 Å². The van der Waals surface area contributed by atoms with Crippen molar-refractivity contribution in [1.29, 1.82) is 0 Å². The summed E-state index contributed by atoms with van der Waals surface area (Å²) < 4.78 is 0. The van der Waals surface area contributed by atoms with Crippen molar-refractivity contribution in [3.05, 3.63) is 45.4 Å². The average molecular weight is 554 g/mol. The van der Waals surface area contributed by atoms with Crippen LogP contribution < -0.4 is 15.5 Å². The molecule has 1 unspecified atom stereocenters. The van der Waals surface area contributed by atoms with Gasteiger partial charge in [0.25, 0.3) is 0 Å². The highest BCUT2D eigenvalue weighted by molar-refractivity contribution is 14.0. The van der Waals surface area contributed by atoms with Gasteiger partial charge in [0, 0.05) is 43.7 Å². The molecule has 5 nitrogen and oxygen atoms in total. The third-order valence-electron chi connectivity index (χ3n) is 6.17. The second kappa shape index (κ2) is 12.0. The maximum atomic E-state index is 4.86. The number of fused-ring (bicyclic) bond motifs is 1. The predicted octanol–water partition coefficient (Wildman–Crippen LogP) is 5.10. The van der Waals surface area contributed by atoms with Crippen molar-refractivity contribution in [1.82, 2.24) is 15.6 Å². The number of hydrogen-bond donors (Lipinski definition) is 2. The van der Waals surface area contributed by atoms with Crippen LogP contribution in [0.1, 0.15) is 66.2 Å². The summed E-state index contributed by atoms with van der Waals surface area (Å²) >= 11 is 1.93. The average Bonchev–Trinajstić information content (AvgIpc) is 3.45. The van der Waals surface area contributed by atoms with Crippen LogP contribution in [0.3, 0.4) is 0 Å². The Morgan fingerprint density at radius 2 is 2.00 bits per heavy atom. The number of aliphatic imine (C=N–C) groups is 1. The van der Waals surface area contributed by atoms with Gasteiger partial charge < -0.3 is 15.5 Å². The highest BCUT2D eigenvalue weighted by Gasteiger charge is 2.16. The van der Waals surface area contributed by atoms with Gasteiger partial charge in [-0.1, -0.05) is 12.1 Å². The summed E-state index contributed by atoms with van der Waals surface area (Å²) in [6.07, 6.45) is 9.78. The van der Waals surface area contributed by atoms with Crippen LogP contribution in [0.5, 0.6) is 0 Å². The second-order valence-electron chi connectivity index (χ2n) is 8.44. The largest absolute Gasteiger partial charge is 0.372 e. The molecule has 1 aliphatic carbocycles. The number of thiazole rings is 1. The molecule has 2 heterocycles. The Morgan fingerprint density at radius 1 is 1.19 bits per heavy atom. The maximum absolute atomic E-state index is 4.86. The zero-order valence-electron chi connectivity index (χ0n) is 18.8. The predicted molar refractivity (Wildman–Crippen MR) is 143 cm³/mol. The fraction of sp³-hybridized carbons (Fsp3) is 0.583. The summed E-state index contributed by atoms with van der Waals surface area (Å²) in [7, 11) is 1.84. The van der Waals surface area contributed by atoms with Crippen LogP contribution in [0, 0.1) is 0 Å². The van der Waals surface area contributed by atoms with Crippen LogP contribution in [0.25, 0.3) is 0 Å². The van der Waals surface area contributed by atoms with E-state index in [0.29, 0.717) is 0 Å². The van der Waals surface area contributed by atoms with Crippen molar-refractivity contribution in [3.8, 4) is 0 Å². The summed E-state index contributed by atoms with van der Waals surface area (Å²) in [5.41, 5.74) is 4.01. The molecule has 2 aromatic rings. The Labute approximate surface area is 208 Å². The van der Waals surface area contributed by atoms with Gasteiger partial charge in [0.05, 0.1) is 16.7 Å². The molecular formula is C24H36IN5S. The lowest BCUT2D eigenvalue weighted by molar-refractivity contribution is 0.669. The molecule has 4 rings (SSSR count). The SMILES string of the molecule is CN=C(NCCCc1nc2c(s1)CCCC2)NC(C)c1cccc(N2CCCC2)c1.I. The van der Waals surface area contributed by atoms with Gasteiger partial charge in [-0.05, 0) is 69.6 Å². The number of guanidine groups is 1. The van der Waals surface area contributed by atoms with E-state index >= 15 is 0 Å². The highest BCUT2D eigenvalue weighted by Crippen LogP contribution is 2.27. The van der Waals surface area contributed by atoms with Crippen molar-refractivity contribution in [2.45, 2.75) is 64.3 Å². The number of halogens is 1. The Balaban J connectivity index is 0.00000272. The molecule has 0 spiro atoms. The lowest BCUT2D eigenvalue weighted by Crippen LogP contribution is -2.39. The third kappa shape index (κ3) is 6.57. The molecule has 31 heavy (non-hydrogen) atoms. The minimum absolute atomic E-state index is 0. The number of anilines is 1. The smallest absolute Gasteiger partial charge is 0.191 e. The molecular weight excluding hydrogens is 517 g/mol. The first kappa shape index (κ1) is 24.3. The van der Waals surface area contributed by atoms with E-state index in [2.05, 4.69) is 51.7 Å². The molecule has 0 amide bonds. The van der Waals surface area contributed by atoms with E-state index in [4.69, 9.17) is 4.98 Å². The Bertz CT molecular complexity index is 836. The Kier molecular flexibility index (Phi) is 9.44. The van der Waals surface area contributed by atoms with Gasteiger partial charge in [-0.25, -0.2) is 4.98 Å². The first-order chi connectivity index (χ1) is 14.7. The Morgan fingerprint density at radius 3 is 2.77 bits per heavy atom. The maximum Gasteiger partial charge on any atom is 0.191 e. The van der Waals surface area contributed by atoms with Crippen molar-refractivity contribution in [3.63, 3.8) is 0 Å². The number of aryl methyl sites for hydroxylation is 3. The summed E-state index contributed by atoms with van der Waals surface area (Å²) in [6.45, 7) is 5.47. The molecule has 2 aliphatic rings. The van der Waals surface area contributed by atoms with Crippen LogP contribution in [0.15, 0.2) is 29.3 Å². The minimum Gasteiger partial charge on any atom is -0.372 e. The first-order valence-corrected chi connectivity index (χ1v) is 12.3. The number of hydrogen-bond acceptors (Lipinski definition) is 4. The van der Waals surface area contributed by atoms with Crippen LogP contribution in [0.2, 0.25) is 0 Å². The fourth-order valence-corrected chi connectivity index (χ4v) is 5.61. The molecule has 1 fully saturated rings. The summed E-state index contributed by atoms with van der Waals surface area (Å²) in [5, 5.41) is 8.33. The van der Waals surface area contributed by atoms with E-state index in [1.165, 1.54) is 78.4 Å². The number of aromatic nitrogens is 1. The molecule has 1 saturated heterocycles. The molecule has 0 bridgehead atoms. The molecule has 1 aromatic heterocycles. The van der Waals surface area contributed by atoms with E-state index in [1.807, 2.05) is 18.4 Å². The molecule has 1 aromatic carbocycles. The zero-order chi connectivity index (χ0) is 20.8. The van der Waals surface area contributed by atoms with E-state index in [1.54, 1.807) is 0 Å². The molecule has 1 aliphatic heterocycles. The van der Waals surface area contributed by atoms with Gasteiger partial charge >= 0.3 is 0 Å². The molecule has 0 radical (unpaired) electrons. The first-order valence-electron chi connectivity index (χ1n) is 11.5. The van der Waals surface area contributed by atoms with E-state index < -0.39 is 0 Å². The van der Waals surface area contributed by atoms with Crippen LogP contribution in [-0.4, -0.2) is 37.6 Å².